The van der Waals surface area contributed by atoms with Gasteiger partial charge in [-0.15, -0.1) is 0 Å². The number of hydrogen-bond donors (Lipinski definition) is 1. The summed E-state index contributed by atoms with van der Waals surface area (Å²) >= 11 is 6.34. The molecule has 0 aliphatic carbocycles. The second-order valence-electron chi connectivity index (χ2n) is 7.28. The van der Waals surface area contributed by atoms with Crippen LogP contribution in [0.1, 0.15) is 39.6 Å². The van der Waals surface area contributed by atoms with Crippen LogP contribution in [0.5, 0.6) is 0 Å². The minimum Gasteiger partial charge on any atom is -0.353 e. The van der Waals surface area contributed by atoms with Gasteiger partial charge >= 0.3 is 0 Å². The number of amides is 2. The minimum atomic E-state index is -0.103. The van der Waals surface area contributed by atoms with Crippen molar-refractivity contribution in [2.24, 2.45) is 0 Å². The molecule has 7 nitrogen and oxygen atoms in total. The van der Waals surface area contributed by atoms with Gasteiger partial charge in [0.1, 0.15) is 5.82 Å². The second kappa shape index (κ2) is 7.83. The first-order valence-electron chi connectivity index (χ1n) is 9.56. The highest BCUT2D eigenvalue weighted by Gasteiger charge is 2.26. The van der Waals surface area contributed by atoms with E-state index in [1.165, 1.54) is 6.92 Å². The number of nitrogens with zero attached hydrogens (tertiary/aromatic N) is 3. The second-order valence-corrected chi connectivity index (χ2v) is 7.69. The van der Waals surface area contributed by atoms with Crippen LogP contribution >= 0.6 is 11.6 Å². The molecule has 0 spiro atoms. The number of ketones is 1. The van der Waals surface area contributed by atoms with Gasteiger partial charge in [-0.1, -0.05) is 11.6 Å². The molecule has 2 aromatic rings. The number of anilines is 2. The molecule has 0 atom stereocenters. The molecule has 2 aliphatic rings. The highest BCUT2D eigenvalue weighted by molar-refractivity contribution is 6.34. The van der Waals surface area contributed by atoms with E-state index in [0.29, 0.717) is 60.9 Å². The number of hydrogen-bond acceptors (Lipinski definition) is 5. The number of aryl methyl sites for hydroxylation is 1. The predicted octanol–water partition coefficient (Wildman–Crippen LogP) is 2.78. The van der Waals surface area contributed by atoms with E-state index in [1.807, 2.05) is 6.07 Å². The number of nitrogens with one attached hydrogen (secondary N) is 1. The van der Waals surface area contributed by atoms with Crippen molar-refractivity contribution in [3.63, 3.8) is 0 Å². The van der Waals surface area contributed by atoms with Crippen molar-refractivity contribution < 1.29 is 14.4 Å². The predicted molar refractivity (Wildman–Crippen MR) is 111 cm³/mol. The van der Waals surface area contributed by atoms with Crippen LogP contribution in [0.3, 0.4) is 0 Å². The molecule has 8 heteroatoms. The molecular formula is C21H21ClN4O3. The third-order valence-electron chi connectivity index (χ3n) is 5.36. The molecule has 1 fully saturated rings. The Kier molecular flexibility index (Phi) is 5.24. The van der Waals surface area contributed by atoms with Gasteiger partial charge in [0.15, 0.2) is 5.78 Å². The first-order chi connectivity index (χ1) is 13.9. The van der Waals surface area contributed by atoms with Crippen molar-refractivity contribution >= 4 is 40.7 Å². The molecule has 2 aliphatic heterocycles. The number of Topliss-reactive ketones (excluding diaryl/α,β-unsaturated/α-hetero) is 1. The Hall–Kier alpha value is -2.93. The van der Waals surface area contributed by atoms with E-state index in [2.05, 4.69) is 15.2 Å². The van der Waals surface area contributed by atoms with Gasteiger partial charge in [0.05, 0.1) is 10.6 Å². The molecule has 1 N–H and O–H groups in total. The molecule has 3 heterocycles. The van der Waals surface area contributed by atoms with Crippen LogP contribution in [0.4, 0.5) is 11.5 Å². The van der Waals surface area contributed by atoms with Crippen LogP contribution in [-0.2, 0) is 11.2 Å². The van der Waals surface area contributed by atoms with Crippen molar-refractivity contribution in [1.29, 1.82) is 0 Å². The zero-order valence-corrected chi connectivity index (χ0v) is 16.8. The van der Waals surface area contributed by atoms with Gasteiger partial charge in [0.2, 0.25) is 5.91 Å². The largest absolute Gasteiger partial charge is 0.353 e. The number of benzene rings is 1. The average molecular weight is 413 g/mol. The Balaban J connectivity index is 1.44. The van der Waals surface area contributed by atoms with Gasteiger partial charge in [-0.3, -0.25) is 14.4 Å². The summed E-state index contributed by atoms with van der Waals surface area (Å²) in [5, 5.41) is 3.15. The Morgan fingerprint density at radius 1 is 1.10 bits per heavy atom. The summed E-state index contributed by atoms with van der Waals surface area (Å²) < 4.78 is 0. The molecule has 0 bridgehead atoms. The first-order valence-corrected chi connectivity index (χ1v) is 9.93. The lowest BCUT2D eigenvalue weighted by Gasteiger charge is -2.35. The van der Waals surface area contributed by atoms with E-state index >= 15 is 0 Å². The van der Waals surface area contributed by atoms with Gasteiger partial charge in [0.25, 0.3) is 5.91 Å². The topological polar surface area (TPSA) is 82.6 Å². The quantitative estimate of drug-likeness (QED) is 0.784. The fourth-order valence-electron chi connectivity index (χ4n) is 3.66. The smallest absolute Gasteiger partial charge is 0.255 e. The normalized spacial score (nSPS) is 16.3. The number of rotatable bonds is 3. The summed E-state index contributed by atoms with van der Waals surface area (Å²) in [7, 11) is 0. The standard InChI is InChI=1S/C21H21ClN4O3/c1-13(27)15-2-4-19(23-12-15)25-6-8-26(9-7-25)21(29)16-10-14-3-5-20(28)24-18(14)11-17(16)22/h2,4,10-12H,3,5-9H2,1H3,(H,24,28). The molecule has 2 amide bonds. The number of carbonyl (C=O) groups excluding carboxylic acids is 3. The molecule has 0 saturated carbocycles. The molecule has 4 rings (SSSR count). The summed E-state index contributed by atoms with van der Waals surface area (Å²) in [5.74, 6) is 0.647. The molecule has 150 valence electrons. The minimum absolute atomic E-state index is 0.0130. The Labute approximate surface area is 173 Å². The van der Waals surface area contributed by atoms with Crippen molar-refractivity contribution in [3.8, 4) is 0 Å². The molecule has 1 saturated heterocycles. The fraction of sp³-hybridized carbons (Fsp3) is 0.333. The summed E-state index contributed by atoms with van der Waals surface area (Å²) in [6, 6.07) is 7.07. The van der Waals surface area contributed by atoms with E-state index in [9.17, 15) is 14.4 Å². The molecule has 0 unspecified atom stereocenters. The van der Waals surface area contributed by atoms with Crippen LogP contribution in [0.2, 0.25) is 5.02 Å². The van der Waals surface area contributed by atoms with Gasteiger partial charge in [-0.05, 0) is 43.2 Å². The third kappa shape index (κ3) is 3.96. The zero-order chi connectivity index (χ0) is 20.5. The first kappa shape index (κ1) is 19.4. The van der Waals surface area contributed by atoms with Gasteiger partial charge < -0.3 is 15.1 Å². The van der Waals surface area contributed by atoms with Crippen LogP contribution in [0, 0.1) is 0 Å². The fourth-order valence-corrected chi connectivity index (χ4v) is 3.90. The highest BCUT2D eigenvalue weighted by atomic mass is 35.5. The Morgan fingerprint density at radius 3 is 2.52 bits per heavy atom. The lowest BCUT2D eigenvalue weighted by atomic mass is 9.99. The van der Waals surface area contributed by atoms with Gasteiger partial charge in [0, 0.05) is 50.0 Å². The van der Waals surface area contributed by atoms with E-state index in [0.717, 1.165) is 11.4 Å². The number of halogens is 1. The zero-order valence-electron chi connectivity index (χ0n) is 16.1. The number of pyridine rings is 1. The Bertz CT molecular complexity index is 982. The molecule has 29 heavy (non-hydrogen) atoms. The van der Waals surface area contributed by atoms with E-state index in [4.69, 9.17) is 11.6 Å². The molecule has 0 radical (unpaired) electrons. The SMILES string of the molecule is CC(=O)c1ccc(N2CCN(C(=O)c3cc4c(cc3Cl)NC(=O)CC4)CC2)nc1. The summed E-state index contributed by atoms with van der Waals surface area (Å²) in [6.07, 6.45) is 2.60. The molecule has 1 aromatic carbocycles. The lowest BCUT2D eigenvalue weighted by Crippen LogP contribution is -2.49. The summed E-state index contributed by atoms with van der Waals surface area (Å²) in [6.45, 7) is 3.92. The van der Waals surface area contributed by atoms with Crippen LogP contribution in [0.25, 0.3) is 0 Å². The maximum absolute atomic E-state index is 13.0. The Morgan fingerprint density at radius 2 is 1.86 bits per heavy atom. The van der Waals surface area contributed by atoms with Gasteiger partial charge in [-0.2, -0.15) is 0 Å². The summed E-state index contributed by atoms with van der Waals surface area (Å²) in [5.41, 5.74) is 2.68. The highest BCUT2D eigenvalue weighted by Crippen LogP contribution is 2.30. The van der Waals surface area contributed by atoms with Crippen LogP contribution < -0.4 is 10.2 Å². The van der Waals surface area contributed by atoms with Crippen LogP contribution in [-0.4, -0.2) is 53.7 Å². The van der Waals surface area contributed by atoms with Crippen molar-refractivity contribution in [2.45, 2.75) is 19.8 Å². The molecule has 1 aromatic heterocycles. The van der Waals surface area contributed by atoms with Gasteiger partial charge in [-0.25, -0.2) is 4.98 Å². The maximum atomic E-state index is 13.0. The summed E-state index contributed by atoms with van der Waals surface area (Å²) in [4.78, 5) is 44.2. The lowest BCUT2D eigenvalue weighted by molar-refractivity contribution is -0.116. The number of carbonyl (C=O) groups is 3. The monoisotopic (exact) mass is 412 g/mol. The molecular weight excluding hydrogens is 392 g/mol. The average Bonchev–Trinajstić information content (AvgIpc) is 2.73. The van der Waals surface area contributed by atoms with Crippen LogP contribution in [0.15, 0.2) is 30.5 Å². The number of fused-ring (bicyclic) bond motifs is 1. The number of piperazine rings is 1. The third-order valence-corrected chi connectivity index (χ3v) is 5.68. The maximum Gasteiger partial charge on any atom is 0.255 e. The van der Waals surface area contributed by atoms with E-state index in [1.54, 1.807) is 29.3 Å². The van der Waals surface area contributed by atoms with Crippen molar-refractivity contribution in [1.82, 2.24) is 9.88 Å². The number of aromatic nitrogens is 1. The van der Waals surface area contributed by atoms with Crippen molar-refractivity contribution in [3.05, 3.63) is 52.2 Å². The van der Waals surface area contributed by atoms with Crippen molar-refractivity contribution in [2.75, 3.05) is 36.4 Å². The van der Waals surface area contributed by atoms with E-state index in [-0.39, 0.29) is 17.6 Å². The van der Waals surface area contributed by atoms with E-state index < -0.39 is 0 Å².